The molecule has 5 nitrogen and oxygen atoms in total. The lowest BCUT2D eigenvalue weighted by Crippen LogP contribution is -2.24. The van der Waals surface area contributed by atoms with Gasteiger partial charge in [0, 0.05) is 23.2 Å². The first-order valence-corrected chi connectivity index (χ1v) is 12.8. The summed E-state index contributed by atoms with van der Waals surface area (Å²) in [6, 6.07) is 15.3. The molecule has 0 unspecified atom stereocenters. The van der Waals surface area contributed by atoms with Crippen molar-refractivity contribution in [1.29, 1.82) is 0 Å². The second kappa shape index (κ2) is 11.5. The Labute approximate surface area is 219 Å². The summed E-state index contributed by atoms with van der Waals surface area (Å²) in [6.45, 7) is 3.46. The Balaban J connectivity index is 1.71. The van der Waals surface area contributed by atoms with Gasteiger partial charge in [0.2, 0.25) is 5.75 Å². The lowest BCUT2D eigenvalue weighted by molar-refractivity contribution is -0.137. The summed E-state index contributed by atoms with van der Waals surface area (Å²) in [4.78, 5) is 3.13. The van der Waals surface area contributed by atoms with E-state index in [0.717, 1.165) is 34.4 Å². The summed E-state index contributed by atoms with van der Waals surface area (Å²) in [5.74, 6) is 2.42. The fourth-order valence-corrected chi connectivity index (χ4v) is 5.77. The van der Waals surface area contributed by atoms with E-state index in [2.05, 4.69) is 4.90 Å². The molecule has 0 N–H and O–H groups in total. The third kappa shape index (κ3) is 6.04. The quantitative estimate of drug-likeness (QED) is 0.301. The van der Waals surface area contributed by atoms with Gasteiger partial charge in [-0.15, -0.1) is 11.8 Å². The molecular formula is C28H30F3NO4S. The molecule has 198 valence electrons. The minimum Gasteiger partial charge on any atom is -0.494 e. The summed E-state index contributed by atoms with van der Waals surface area (Å²) in [6.07, 6.45) is -3.63. The number of alkyl halides is 3. The molecule has 0 amide bonds. The summed E-state index contributed by atoms with van der Waals surface area (Å²) in [5.41, 5.74) is 1.93. The highest BCUT2D eigenvalue weighted by molar-refractivity contribution is 7.99. The van der Waals surface area contributed by atoms with Crippen LogP contribution in [0.5, 0.6) is 23.0 Å². The van der Waals surface area contributed by atoms with Gasteiger partial charge in [-0.25, -0.2) is 0 Å². The van der Waals surface area contributed by atoms with Crippen LogP contribution in [0.15, 0.2) is 59.5 Å². The molecule has 0 saturated heterocycles. The van der Waals surface area contributed by atoms with Crippen molar-refractivity contribution >= 4 is 17.4 Å². The number of rotatable bonds is 8. The van der Waals surface area contributed by atoms with Crippen molar-refractivity contribution in [3.05, 3.63) is 71.3 Å². The number of ether oxygens (including phenoxy) is 4. The largest absolute Gasteiger partial charge is 0.494 e. The SMILES string of the molecule is CCOc1ccc2c(c1)S[C@H](c1cc(OC)c(OC)c(OC)c1)CCN2Cc1cccc(C(F)(F)F)c1. The van der Waals surface area contributed by atoms with Crippen LogP contribution in [0.25, 0.3) is 0 Å². The van der Waals surface area contributed by atoms with Crippen LogP contribution in [0.3, 0.4) is 0 Å². The minimum absolute atomic E-state index is 0.0378. The van der Waals surface area contributed by atoms with E-state index in [9.17, 15) is 13.2 Å². The molecule has 0 aromatic heterocycles. The molecule has 0 fully saturated rings. The zero-order chi connectivity index (χ0) is 26.6. The van der Waals surface area contributed by atoms with Crippen molar-refractivity contribution in [1.82, 2.24) is 0 Å². The Morgan fingerprint density at radius 2 is 1.68 bits per heavy atom. The number of benzene rings is 3. The van der Waals surface area contributed by atoms with Crippen molar-refractivity contribution in [3.8, 4) is 23.0 Å². The summed E-state index contributed by atoms with van der Waals surface area (Å²) < 4.78 is 62.3. The van der Waals surface area contributed by atoms with Gasteiger partial charge in [-0.2, -0.15) is 13.2 Å². The molecule has 1 heterocycles. The molecule has 0 spiro atoms. The summed E-state index contributed by atoms with van der Waals surface area (Å²) in [5, 5.41) is 0.0378. The van der Waals surface area contributed by atoms with Crippen molar-refractivity contribution in [3.63, 3.8) is 0 Å². The molecule has 3 aromatic rings. The van der Waals surface area contributed by atoms with Crippen molar-refractivity contribution in [2.24, 2.45) is 0 Å². The van der Waals surface area contributed by atoms with Crippen LogP contribution in [0.2, 0.25) is 0 Å². The number of halogens is 3. The van der Waals surface area contributed by atoms with Gasteiger partial charge < -0.3 is 23.8 Å². The van der Waals surface area contributed by atoms with E-state index in [1.54, 1.807) is 39.2 Å². The Hall–Kier alpha value is -3.20. The van der Waals surface area contributed by atoms with Crippen LogP contribution in [0, 0.1) is 0 Å². The van der Waals surface area contributed by atoms with Crippen LogP contribution in [0.4, 0.5) is 18.9 Å². The minimum atomic E-state index is -4.38. The highest BCUT2D eigenvalue weighted by Crippen LogP contribution is 2.49. The van der Waals surface area contributed by atoms with E-state index in [4.69, 9.17) is 18.9 Å². The molecule has 0 bridgehead atoms. The predicted octanol–water partition coefficient (Wildman–Crippen LogP) is 7.37. The van der Waals surface area contributed by atoms with Crippen LogP contribution >= 0.6 is 11.8 Å². The van der Waals surface area contributed by atoms with Crippen LogP contribution < -0.4 is 23.8 Å². The smallest absolute Gasteiger partial charge is 0.416 e. The zero-order valence-corrected chi connectivity index (χ0v) is 22.0. The highest BCUT2D eigenvalue weighted by Gasteiger charge is 2.31. The molecule has 37 heavy (non-hydrogen) atoms. The lowest BCUT2D eigenvalue weighted by Gasteiger charge is -2.25. The Morgan fingerprint density at radius 1 is 0.946 bits per heavy atom. The van der Waals surface area contributed by atoms with Crippen molar-refractivity contribution < 1.29 is 32.1 Å². The lowest BCUT2D eigenvalue weighted by atomic mass is 10.1. The normalized spacial score (nSPS) is 15.5. The Kier molecular flexibility index (Phi) is 8.32. The second-order valence-electron chi connectivity index (χ2n) is 8.54. The number of nitrogens with zero attached hydrogens (tertiary/aromatic N) is 1. The second-order valence-corrected chi connectivity index (χ2v) is 9.78. The molecule has 0 radical (unpaired) electrons. The highest BCUT2D eigenvalue weighted by atomic mass is 32.2. The van der Waals surface area contributed by atoms with Crippen molar-refractivity contribution in [2.75, 3.05) is 39.4 Å². The van der Waals surface area contributed by atoms with E-state index >= 15 is 0 Å². The van der Waals surface area contributed by atoms with Gasteiger partial charge in [0.25, 0.3) is 0 Å². The monoisotopic (exact) mass is 533 g/mol. The molecule has 3 aromatic carbocycles. The van der Waals surface area contributed by atoms with Crippen LogP contribution in [-0.2, 0) is 12.7 Å². The Morgan fingerprint density at radius 3 is 2.30 bits per heavy atom. The zero-order valence-electron chi connectivity index (χ0n) is 21.2. The fourth-order valence-electron chi connectivity index (χ4n) is 4.46. The maximum atomic E-state index is 13.3. The van der Waals surface area contributed by atoms with Gasteiger partial charge in [-0.1, -0.05) is 12.1 Å². The van der Waals surface area contributed by atoms with Gasteiger partial charge in [0.1, 0.15) is 5.75 Å². The number of thioether (sulfide) groups is 1. The molecule has 4 rings (SSSR count). The average Bonchev–Trinajstić information content (AvgIpc) is 3.06. The van der Waals surface area contributed by atoms with Crippen molar-refractivity contribution in [2.45, 2.75) is 36.2 Å². The first-order chi connectivity index (χ1) is 17.8. The van der Waals surface area contributed by atoms with Crippen LogP contribution in [-0.4, -0.2) is 34.5 Å². The maximum absolute atomic E-state index is 13.3. The Bertz CT molecular complexity index is 1210. The van der Waals surface area contributed by atoms with Gasteiger partial charge in [0.05, 0.1) is 39.2 Å². The number of methoxy groups -OCH3 is 3. The predicted molar refractivity (Wildman–Crippen MR) is 139 cm³/mol. The number of anilines is 1. The summed E-state index contributed by atoms with van der Waals surface area (Å²) in [7, 11) is 4.74. The summed E-state index contributed by atoms with van der Waals surface area (Å²) >= 11 is 1.69. The number of hydrogen-bond acceptors (Lipinski definition) is 6. The third-order valence-corrected chi connectivity index (χ3v) is 7.57. The maximum Gasteiger partial charge on any atom is 0.416 e. The number of hydrogen-bond donors (Lipinski definition) is 0. The molecule has 0 saturated carbocycles. The first-order valence-electron chi connectivity index (χ1n) is 11.9. The fraction of sp³-hybridized carbons (Fsp3) is 0.357. The van der Waals surface area contributed by atoms with E-state index in [1.165, 1.54) is 12.1 Å². The molecule has 1 aliphatic heterocycles. The standard InChI is InChI=1S/C28H30F3NO4S/c1-5-36-21-9-10-22-26(16-21)37-25(19-14-23(33-2)27(35-4)24(15-19)34-3)11-12-32(22)17-18-7-6-8-20(13-18)28(29,30)31/h6-10,13-16,25H,5,11-12,17H2,1-4H3/t25-/m0/s1. The number of fused-ring (bicyclic) bond motifs is 1. The van der Waals surface area contributed by atoms with Gasteiger partial charge in [-0.3, -0.25) is 0 Å². The van der Waals surface area contributed by atoms with Gasteiger partial charge in [0.15, 0.2) is 11.5 Å². The van der Waals surface area contributed by atoms with E-state index in [1.807, 2.05) is 37.3 Å². The van der Waals surface area contributed by atoms with E-state index in [-0.39, 0.29) is 5.25 Å². The van der Waals surface area contributed by atoms with Gasteiger partial charge in [-0.05, 0) is 66.9 Å². The first kappa shape index (κ1) is 26.9. The molecule has 9 heteroatoms. The third-order valence-electron chi connectivity index (χ3n) is 6.20. The van der Waals surface area contributed by atoms with Crippen LogP contribution in [0.1, 0.15) is 35.3 Å². The molecule has 1 atom stereocenters. The van der Waals surface area contributed by atoms with E-state index in [0.29, 0.717) is 42.5 Å². The van der Waals surface area contributed by atoms with Gasteiger partial charge >= 0.3 is 6.18 Å². The topological polar surface area (TPSA) is 40.2 Å². The molecule has 1 aliphatic rings. The average molecular weight is 534 g/mol. The van der Waals surface area contributed by atoms with E-state index < -0.39 is 11.7 Å². The molecule has 0 aliphatic carbocycles. The molecular weight excluding hydrogens is 503 g/mol.